The van der Waals surface area contributed by atoms with Crippen LogP contribution in [0.25, 0.3) is 0 Å². The van der Waals surface area contributed by atoms with Crippen LogP contribution < -0.4 is 10.1 Å². The fourth-order valence-electron chi connectivity index (χ4n) is 1.93. The molecule has 1 unspecified atom stereocenters. The fraction of sp³-hybridized carbons (Fsp3) is 0.538. The Balaban J connectivity index is 2.02. The predicted octanol–water partition coefficient (Wildman–Crippen LogP) is 2.73. The van der Waals surface area contributed by atoms with Crippen LogP contribution in [0.15, 0.2) is 22.7 Å². The molecule has 94 valence electrons. The summed E-state index contributed by atoms with van der Waals surface area (Å²) in [6.45, 7) is 4.66. The van der Waals surface area contributed by atoms with E-state index in [9.17, 15) is 0 Å². The van der Waals surface area contributed by atoms with E-state index in [1.54, 1.807) is 7.11 Å². The van der Waals surface area contributed by atoms with Crippen LogP contribution in [0, 0.1) is 0 Å². The van der Waals surface area contributed by atoms with E-state index in [1.807, 2.05) is 12.1 Å². The second kappa shape index (κ2) is 5.38. The van der Waals surface area contributed by atoms with Crippen LogP contribution in [-0.2, 0) is 11.3 Å². The van der Waals surface area contributed by atoms with Crippen molar-refractivity contribution < 1.29 is 9.47 Å². The number of hydrogen-bond donors (Lipinski definition) is 1. The van der Waals surface area contributed by atoms with Crippen molar-refractivity contribution in [1.29, 1.82) is 0 Å². The molecule has 0 saturated carbocycles. The number of methoxy groups -OCH3 is 1. The van der Waals surface area contributed by atoms with Crippen LogP contribution in [-0.4, -0.2) is 25.9 Å². The number of nitrogens with one attached hydrogen (secondary N) is 1. The maximum Gasteiger partial charge on any atom is 0.119 e. The Morgan fingerprint density at radius 3 is 3.00 bits per heavy atom. The smallest absolute Gasteiger partial charge is 0.119 e. The fourth-order valence-corrected chi connectivity index (χ4v) is 2.32. The van der Waals surface area contributed by atoms with Crippen LogP contribution in [0.3, 0.4) is 0 Å². The summed E-state index contributed by atoms with van der Waals surface area (Å²) in [7, 11) is 1.69. The average molecular weight is 300 g/mol. The molecule has 1 heterocycles. The molecule has 2 rings (SSSR count). The number of ether oxygens (including phenoxy) is 2. The normalized spacial score (nSPS) is 23.9. The summed E-state index contributed by atoms with van der Waals surface area (Å²) in [5, 5.41) is 3.56. The van der Waals surface area contributed by atoms with Gasteiger partial charge in [0.1, 0.15) is 5.75 Å². The number of rotatable bonds is 4. The van der Waals surface area contributed by atoms with Crippen molar-refractivity contribution in [3.8, 4) is 5.75 Å². The van der Waals surface area contributed by atoms with Gasteiger partial charge in [0.15, 0.2) is 0 Å². The molecular weight excluding hydrogens is 282 g/mol. The topological polar surface area (TPSA) is 30.5 Å². The first-order valence-corrected chi connectivity index (χ1v) is 6.57. The van der Waals surface area contributed by atoms with Crippen LogP contribution >= 0.6 is 15.9 Å². The summed E-state index contributed by atoms with van der Waals surface area (Å²) in [5.74, 6) is 0.887. The van der Waals surface area contributed by atoms with E-state index in [-0.39, 0.29) is 5.54 Å². The van der Waals surface area contributed by atoms with Gasteiger partial charge in [-0.05, 0) is 37.1 Å². The summed E-state index contributed by atoms with van der Waals surface area (Å²) in [6.07, 6.45) is 1.06. The SMILES string of the molecule is COc1ccc(Br)c(CNC2(C)CCOC2)c1. The average Bonchev–Trinajstić information content (AvgIpc) is 2.76. The van der Waals surface area contributed by atoms with Gasteiger partial charge in [0, 0.05) is 23.2 Å². The molecule has 4 heteroatoms. The Bertz CT molecular complexity index is 389. The minimum Gasteiger partial charge on any atom is -0.497 e. The standard InChI is InChI=1S/C13H18BrNO2/c1-13(5-6-17-9-13)15-8-10-7-11(16-2)3-4-12(10)14/h3-4,7,15H,5-6,8-9H2,1-2H3. The largest absolute Gasteiger partial charge is 0.497 e. The number of halogens is 1. The van der Waals surface area contributed by atoms with Crippen LogP contribution in [0.2, 0.25) is 0 Å². The summed E-state index contributed by atoms with van der Waals surface area (Å²) < 4.78 is 11.8. The molecule has 0 radical (unpaired) electrons. The maximum atomic E-state index is 5.42. The molecule has 0 aromatic heterocycles. The molecule has 0 aliphatic carbocycles. The highest BCUT2D eigenvalue weighted by atomic mass is 79.9. The molecule has 17 heavy (non-hydrogen) atoms. The molecule has 1 N–H and O–H groups in total. The van der Waals surface area contributed by atoms with Gasteiger partial charge in [-0.3, -0.25) is 0 Å². The van der Waals surface area contributed by atoms with Gasteiger partial charge in [0.05, 0.1) is 13.7 Å². The highest BCUT2D eigenvalue weighted by Crippen LogP contribution is 2.24. The van der Waals surface area contributed by atoms with Gasteiger partial charge in [-0.1, -0.05) is 15.9 Å². The van der Waals surface area contributed by atoms with Gasteiger partial charge in [-0.2, -0.15) is 0 Å². The van der Waals surface area contributed by atoms with Gasteiger partial charge < -0.3 is 14.8 Å². The zero-order valence-electron chi connectivity index (χ0n) is 10.3. The molecule has 1 aliphatic rings. The van der Waals surface area contributed by atoms with E-state index in [4.69, 9.17) is 9.47 Å². The maximum absolute atomic E-state index is 5.42. The summed E-state index contributed by atoms with van der Waals surface area (Å²) in [6, 6.07) is 6.02. The van der Waals surface area contributed by atoms with E-state index in [1.165, 1.54) is 5.56 Å². The summed E-state index contributed by atoms with van der Waals surface area (Å²) >= 11 is 3.56. The first-order valence-electron chi connectivity index (χ1n) is 5.78. The Labute approximate surface area is 111 Å². The Kier molecular flexibility index (Phi) is 4.07. The minimum atomic E-state index is 0.0997. The van der Waals surface area contributed by atoms with Crippen molar-refractivity contribution in [2.45, 2.75) is 25.4 Å². The molecule has 0 bridgehead atoms. The second-order valence-electron chi connectivity index (χ2n) is 4.67. The lowest BCUT2D eigenvalue weighted by molar-refractivity contribution is 0.171. The van der Waals surface area contributed by atoms with Gasteiger partial charge in [-0.15, -0.1) is 0 Å². The lowest BCUT2D eigenvalue weighted by Crippen LogP contribution is -2.42. The van der Waals surface area contributed by atoms with Crippen molar-refractivity contribution in [3.05, 3.63) is 28.2 Å². The quantitative estimate of drug-likeness (QED) is 0.927. The first-order chi connectivity index (χ1) is 8.13. The summed E-state index contributed by atoms with van der Waals surface area (Å²) in [4.78, 5) is 0. The lowest BCUT2D eigenvalue weighted by Gasteiger charge is -2.24. The van der Waals surface area contributed by atoms with Crippen LogP contribution in [0.4, 0.5) is 0 Å². The second-order valence-corrected chi connectivity index (χ2v) is 5.53. The third kappa shape index (κ3) is 3.21. The Morgan fingerprint density at radius 1 is 1.53 bits per heavy atom. The van der Waals surface area contributed by atoms with E-state index in [0.717, 1.165) is 36.4 Å². The van der Waals surface area contributed by atoms with Crippen molar-refractivity contribution in [2.75, 3.05) is 20.3 Å². The third-order valence-electron chi connectivity index (χ3n) is 3.18. The van der Waals surface area contributed by atoms with E-state index < -0.39 is 0 Å². The molecule has 3 nitrogen and oxygen atoms in total. The predicted molar refractivity (Wildman–Crippen MR) is 71.4 cm³/mol. The van der Waals surface area contributed by atoms with Crippen LogP contribution in [0.5, 0.6) is 5.75 Å². The highest BCUT2D eigenvalue weighted by Gasteiger charge is 2.28. The van der Waals surface area contributed by atoms with Crippen LogP contribution in [0.1, 0.15) is 18.9 Å². The van der Waals surface area contributed by atoms with Gasteiger partial charge in [0.2, 0.25) is 0 Å². The highest BCUT2D eigenvalue weighted by molar-refractivity contribution is 9.10. The molecule has 1 saturated heterocycles. The van der Waals surface area contributed by atoms with Gasteiger partial charge >= 0.3 is 0 Å². The molecule has 1 aromatic rings. The molecule has 1 fully saturated rings. The third-order valence-corrected chi connectivity index (χ3v) is 3.95. The van der Waals surface area contributed by atoms with Crippen molar-refractivity contribution in [1.82, 2.24) is 5.32 Å². The number of hydrogen-bond acceptors (Lipinski definition) is 3. The van der Waals surface area contributed by atoms with E-state index in [0.29, 0.717) is 0 Å². The Hall–Kier alpha value is -0.580. The molecule has 0 spiro atoms. The minimum absolute atomic E-state index is 0.0997. The molecule has 0 amide bonds. The lowest BCUT2D eigenvalue weighted by atomic mass is 10.0. The van der Waals surface area contributed by atoms with Gasteiger partial charge in [-0.25, -0.2) is 0 Å². The number of benzene rings is 1. The molecule has 1 aliphatic heterocycles. The van der Waals surface area contributed by atoms with E-state index in [2.05, 4.69) is 34.2 Å². The molecule has 1 atom stereocenters. The van der Waals surface area contributed by atoms with Crippen molar-refractivity contribution >= 4 is 15.9 Å². The Morgan fingerprint density at radius 2 is 2.35 bits per heavy atom. The van der Waals surface area contributed by atoms with Crippen molar-refractivity contribution in [2.24, 2.45) is 0 Å². The first kappa shape index (κ1) is 12.9. The zero-order valence-corrected chi connectivity index (χ0v) is 11.8. The summed E-state index contributed by atoms with van der Waals surface area (Å²) in [5.41, 5.74) is 1.31. The molecule has 1 aromatic carbocycles. The van der Waals surface area contributed by atoms with Crippen molar-refractivity contribution in [3.63, 3.8) is 0 Å². The van der Waals surface area contributed by atoms with Gasteiger partial charge in [0.25, 0.3) is 0 Å². The molecular formula is C13H18BrNO2. The van der Waals surface area contributed by atoms with E-state index >= 15 is 0 Å². The monoisotopic (exact) mass is 299 g/mol. The zero-order chi connectivity index (χ0) is 12.3.